The summed E-state index contributed by atoms with van der Waals surface area (Å²) in [5.41, 5.74) is -2.92. The predicted octanol–water partition coefficient (Wildman–Crippen LogP) is 5.37. The number of ether oxygens (including phenoxy) is 2. The van der Waals surface area contributed by atoms with E-state index in [-0.39, 0.29) is 34.1 Å². The molecule has 0 spiro atoms. The Morgan fingerprint density at radius 1 is 1.08 bits per heavy atom. The highest BCUT2D eigenvalue weighted by atomic mass is 35.5. The number of aliphatic hydroxyl groups is 1. The van der Waals surface area contributed by atoms with Crippen LogP contribution in [0.5, 0.6) is 11.5 Å². The number of hydrogen-bond acceptors (Lipinski definition) is 5. The van der Waals surface area contributed by atoms with E-state index in [2.05, 4.69) is 5.32 Å². The largest absolute Gasteiger partial charge is 0.493 e. The number of methoxy groups -OCH3 is 1. The molecule has 1 saturated heterocycles. The molecule has 3 aromatic rings. The quantitative estimate of drug-likeness (QED) is 0.387. The lowest BCUT2D eigenvalue weighted by atomic mass is 9.76. The van der Waals surface area contributed by atoms with Gasteiger partial charge in [0.1, 0.15) is 12.5 Å². The molecule has 3 aromatic carbocycles. The van der Waals surface area contributed by atoms with Crippen LogP contribution in [0.3, 0.4) is 0 Å². The number of nitrogens with zero attached hydrogens (tertiary/aromatic N) is 1. The third kappa shape index (κ3) is 5.01. The standard InChI is InChI=1S/C27H24ClF3N2O5/c1-33-25(35)32-23(22(26(33,36)27(29,30)31)24(34)17-6-4-3-5-7-17)18-10-13-20(21(14-18)37-2)38-15-16-8-11-19(28)12-9-16/h3-14,22-23,36H,15H2,1-2H3,(H,32,35)/t22-,23+,26-/m1/s1. The summed E-state index contributed by atoms with van der Waals surface area (Å²) in [7, 11) is 2.14. The molecule has 11 heteroatoms. The molecule has 0 unspecified atom stereocenters. The molecule has 0 bridgehead atoms. The predicted molar refractivity (Wildman–Crippen MR) is 133 cm³/mol. The van der Waals surface area contributed by atoms with Gasteiger partial charge in [0.05, 0.1) is 13.2 Å². The lowest BCUT2D eigenvalue weighted by molar-refractivity contribution is -0.322. The van der Waals surface area contributed by atoms with E-state index < -0.39 is 35.7 Å². The zero-order chi connectivity index (χ0) is 27.7. The highest BCUT2D eigenvalue weighted by Crippen LogP contribution is 2.48. The van der Waals surface area contributed by atoms with Crippen molar-refractivity contribution < 1.29 is 37.3 Å². The van der Waals surface area contributed by atoms with Gasteiger partial charge < -0.3 is 19.9 Å². The Labute approximate surface area is 221 Å². The molecule has 200 valence electrons. The second-order valence-electron chi connectivity index (χ2n) is 8.74. The summed E-state index contributed by atoms with van der Waals surface area (Å²) in [6.07, 6.45) is -5.35. The van der Waals surface area contributed by atoms with E-state index in [0.29, 0.717) is 5.02 Å². The average molecular weight is 549 g/mol. The van der Waals surface area contributed by atoms with Crippen molar-refractivity contribution in [2.45, 2.75) is 24.6 Å². The van der Waals surface area contributed by atoms with Crippen LogP contribution in [0.2, 0.25) is 5.02 Å². The van der Waals surface area contributed by atoms with Gasteiger partial charge in [-0.2, -0.15) is 13.2 Å². The molecule has 1 fully saturated rings. The molecule has 2 amide bonds. The van der Waals surface area contributed by atoms with Crippen LogP contribution in [-0.4, -0.2) is 47.9 Å². The Bertz CT molecular complexity index is 1320. The number of carbonyl (C=O) groups excluding carboxylic acids is 2. The summed E-state index contributed by atoms with van der Waals surface area (Å²) in [5.74, 6) is -2.70. The number of Topliss-reactive ketones (excluding diaryl/α,β-unsaturated/α-hetero) is 1. The average Bonchev–Trinajstić information content (AvgIpc) is 2.90. The summed E-state index contributed by atoms with van der Waals surface area (Å²) in [5, 5.41) is 14.0. The molecule has 38 heavy (non-hydrogen) atoms. The van der Waals surface area contributed by atoms with Gasteiger partial charge in [0.15, 0.2) is 17.3 Å². The molecule has 1 aliphatic heterocycles. The van der Waals surface area contributed by atoms with Crippen LogP contribution in [0, 0.1) is 5.92 Å². The molecule has 1 heterocycles. The van der Waals surface area contributed by atoms with Gasteiger partial charge in [0.2, 0.25) is 0 Å². The van der Waals surface area contributed by atoms with E-state index in [4.69, 9.17) is 21.1 Å². The summed E-state index contributed by atoms with van der Waals surface area (Å²) < 4.78 is 54.4. The Morgan fingerprint density at radius 2 is 1.74 bits per heavy atom. The number of carbonyl (C=O) groups is 2. The van der Waals surface area contributed by atoms with Crippen LogP contribution in [0.15, 0.2) is 72.8 Å². The number of rotatable bonds is 7. The minimum atomic E-state index is -5.35. The van der Waals surface area contributed by atoms with Gasteiger partial charge in [-0.25, -0.2) is 4.79 Å². The summed E-state index contributed by atoms with van der Waals surface area (Å²) >= 11 is 5.90. The fourth-order valence-corrected chi connectivity index (χ4v) is 4.53. The molecule has 1 aliphatic rings. The number of halogens is 4. The van der Waals surface area contributed by atoms with Gasteiger partial charge >= 0.3 is 12.2 Å². The van der Waals surface area contributed by atoms with Crippen LogP contribution in [0.1, 0.15) is 27.5 Å². The topological polar surface area (TPSA) is 88.1 Å². The number of amides is 2. The highest BCUT2D eigenvalue weighted by molar-refractivity contribution is 6.30. The van der Waals surface area contributed by atoms with Crippen molar-refractivity contribution in [3.63, 3.8) is 0 Å². The van der Waals surface area contributed by atoms with Crippen LogP contribution in [0.4, 0.5) is 18.0 Å². The van der Waals surface area contributed by atoms with Gasteiger partial charge in [-0.1, -0.05) is 60.1 Å². The molecular weight excluding hydrogens is 525 g/mol. The molecule has 0 radical (unpaired) electrons. The molecule has 2 N–H and O–H groups in total. The molecular formula is C27H24ClF3N2O5. The molecule has 0 saturated carbocycles. The second-order valence-corrected chi connectivity index (χ2v) is 9.18. The molecule has 7 nitrogen and oxygen atoms in total. The molecule has 0 aliphatic carbocycles. The Morgan fingerprint density at radius 3 is 2.34 bits per heavy atom. The van der Waals surface area contributed by atoms with E-state index in [9.17, 15) is 27.9 Å². The van der Waals surface area contributed by atoms with Crippen molar-refractivity contribution >= 4 is 23.4 Å². The van der Waals surface area contributed by atoms with E-state index in [1.807, 2.05) is 0 Å². The fourth-order valence-electron chi connectivity index (χ4n) is 4.41. The minimum absolute atomic E-state index is 0.0513. The van der Waals surface area contributed by atoms with Crippen LogP contribution in [-0.2, 0) is 6.61 Å². The number of alkyl halides is 3. The first-order chi connectivity index (χ1) is 18.0. The third-order valence-electron chi connectivity index (χ3n) is 6.47. The Kier molecular flexibility index (Phi) is 7.57. The molecule has 0 aromatic heterocycles. The fraction of sp³-hybridized carbons (Fsp3) is 0.259. The van der Waals surface area contributed by atoms with Gasteiger partial charge in [-0.3, -0.25) is 9.69 Å². The highest BCUT2D eigenvalue weighted by Gasteiger charge is 2.69. The smallest absolute Gasteiger partial charge is 0.437 e. The first kappa shape index (κ1) is 27.3. The monoisotopic (exact) mass is 548 g/mol. The van der Waals surface area contributed by atoms with E-state index >= 15 is 0 Å². The number of ketones is 1. The number of urea groups is 1. The minimum Gasteiger partial charge on any atom is -0.493 e. The van der Waals surface area contributed by atoms with Crippen molar-refractivity contribution in [3.8, 4) is 11.5 Å². The van der Waals surface area contributed by atoms with E-state index in [1.165, 1.54) is 49.6 Å². The third-order valence-corrected chi connectivity index (χ3v) is 6.73. The van der Waals surface area contributed by atoms with Crippen molar-refractivity contribution in [3.05, 3.63) is 94.5 Å². The van der Waals surface area contributed by atoms with Crippen LogP contribution >= 0.6 is 11.6 Å². The molecule has 3 atom stereocenters. The maximum Gasteiger partial charge on any atom is 0.437 e. The number of benzene rings is 3. The van der Waals surface area contributed by atoms with Gasteiger partial charge in [-0.15, -0.1) is 0 Å². The van der Waals surface area contributed by atoms with Crippen molar-refractivity contribution in [2.75, 3.05) is 14.2 Å². The Hall–Kier alpha value is -3.76. The first-order valence-corrected chi connectivity index (χ1v) is 11.8. The lowest BCUT2D eigenvalue weighted by Gasteiger charge is -2.49. The summed E-state index contributed by atoms with van der Waals surface area (Å²) in [4.78, 5) is 26.2. The zero-order valence-electron chi connectivity index (χ0n) is 20.3. The van der Waals surface area contributed by atoms with Gasteiger partial charge in [0, 0.05) is 17.6 Å². The van der Waals surface area contributed by atoms with Crippen molar-refractivity contribution in [2.24, 2.45) is 5.92 Å². The Balaban J connectivity index is 1.75. The number of nitrogens with one attached hydrogen (secondary N) is 1. The summed E-state index contributed by atoms with van der Waals surface area (Å²) in [6.45, 7) is 0.154. The maximum absolute atomic E-state index is 14.4. The van der Waals surface area contributed by atoms with E-state index in [0.717, 1.165) is 12.6 Å². The molecule has 4 rings (SSSR count). The van der Waals surface area contributed by atoms with Crippen LogP contribution in [0.25, 0.3) is 0 Å². The number of hydrogen-bond donors (Lipinski definition) is 2. The SMILES string of the molecule is COc1cc([C@@H]2NC(=O)N(C)[C@](O)(C(F)(F)F)[C@H]2C(=O)c2ccccc2)ccc1OCc1ccc(Cl)cc1. The lowest BCUT2D eigenvalue weighted by Crippen LogP contribution is -2.72. The van der Waals surface area contributed by atoms with Gasteiger partial charge in [0.25, 0.3) is 5.72 Å². The normalized spacial score (nSPS) is 21.6. The van der Waals surface area contributed by atoms with E-state index in [1.54, 1.807) is 30.3 Å². The second kappa shape index (κ2) is 10.5. The zero-order valence-corrected chi connectivity index (χ0v) is 21.1. The van der Waals surface area contributed by atoms with Crippen molar-refractivity contribution in [1.29, 1.82) is 0 Å². The van der Waals surface area contributed by atoms with Crippen LogP contribution < -0.4 is 14.8 Å². The summed E-state index contributed by atoms with van der Waals surface area (Å²) in [6, 6.07) is 15.7. The maximum atomic E-state index is 14.4. The van der Waals surface area contributed by atoms with Gasteiger partial charge in [-0.05, 0) is 35.4 Å². The van der Waals surface area contributed by atoms with Crippen molar-refractivity contribution in [1.82, 2.24) is 10.2 Å². The first-order valence-electron chi connectivity index (χ1n) is 11.4.